The average Bonchev–Trinajstić information content (AvgIpc) is 2.69. The number of Topliss-reactive ketones (excluding diaryl/α,β-unsaturated/α-hetero) is 1. The van der Waals surface area contributed by atoms with Crippen molar-refractivity contribution in [2.24, 2.45) is 4.99 Å². The molecule has 3 aromatic rings. The summed E-state index contributed by atoms with van der Waals surface area (Å²) >= 11 is 0. The van der Waals surface area contributed by atoms with Gasteiger partial charge >= 0.3 is 0 Å². The van der Waals surface area contributed by atoms with Gasteiger partial charge < -0.3 is 9.47 Å². The summed E-state index contributed by atoms with van der Waals surface area (Å²) in [5.74, 6) is 1.60. The highest BCUT2D eigenvalue weighted by Gasteiger charge is 2.12. The number of rotatable bonds is 5. The van der Waals surface area contributed by atoms with Crippen molar-refractivity contribution in [1.29, 1.82) is 0 Å². The number of benzene rings is 3. The fourth-order valence-corrected chi connectivity index (χ4v) is 2.45. The predicted molar refractivity (Wildman–Crippen MR) is 103 cm³/mol. The lowest BCUT2D eigenvalue weighted by atomic mass is 10.1. The maximum atomic E-state index is 11.9. The number of nitrogens with zero attached hydrogens (tertiary/aromatic N) is 1. The van der Waals surface area contributed by atoms with Crippen LogP contribution in [-0.4, -0.2) is 18.8 Å². The second-order valence-electron chi connectivity index (χ2n) is 5.64. The number of hydrogen-bond acceptors (Lipinski definition) is 4. The van der Waals surface area contributed by atoms with E-state index in [0.29, 0.717) is 17.2 Å². The van der Waals surface area contributed by atoms with Gasteiger partial charge in [-0.3, -0.25) is 4.79 Å². The van der Waals surface area contributed by atoms with E-state index in [-0.39, 0.29) is 5.78 Å². The van der Waals surface area contributed by atoms with Crippen LogP contribution in [0.4, 0.5) is 5.69 Å². The molecule has 4 heteroatoms. The molecule has 0 atom stereocenters. The van der Waals surface area contributed by atoms with Gasteiger partial charge in [0.2, 0.25) is 5.90 Å². The topological polar surface area (TPSA) is 47.9 Å². The molecule has 0 unspecified atom stereocenters. The molecule has 0 amide bonds. The summed E-state index contributed by atoms with van der Waals surface area (Å²) < 4.78 is 11.2. The molecule has 0 heterocycles. The summed E-state index contributed by atoms with van der Waals surface area (Å²) in [6, 6.07) is 24.1. The van der Waals surface area contributed by atoms with E-state index >= 15 is 0 Å². The maximum Gasteiger partial charge on any atom is 0.227 e. The van der Waals surface area contributed by atoms with E-state index in [4.69, 9.17) is 9.47 Å². The van der Waals surface area contributed by atoms with Crippen molar-refractivity contribution < 1.29 is 14.3 Å². The van der Waals surface area contributed by atoms with E-state index < -0.39 is 0 Å². The van der Waals surface area contributed by atoms with E-state index in [1.54, 1.807) is 19.2 Å². The molecule has 0 aliphatic rings. The van der Waals surface area contributed by atoms with Crippen LogP contribution in [0.2, 0.25) is 0 Å². The molecule has 0 aliphatic heterocycles. The molecule has 0 aromatic heterocycles. The zero-order chi connectivity index (χ0) is 18.4. The Morgan fingerprint density at radius 1 is 0.846 bits per heavy atom. The van der Waals surface area contributed by atoms with Gasteiger partial charge in [-0.05, 0) is 55.5 Å². The third-order valence-electron chi connectivity index (χ3n) is 3.80. The molecule has 0 fully saturated rings. The molecule has 0 bridgehead atoms. The summed E-state index contributed by atoms with van der Waals surface area (Å²) in [5, 5.41) is 0. The zero-order valence-corrected chi connectivity index (χ0v) is 14.7. The molecule has 4 nitrogen and oxygen atoms in total. The largest absolute Gasteiger partial charge is 0.497 e. The van der Waals surface area contributed by atoms with Gasteiger partial charge in [0.15, 0.2) is 5.78 Å². The number of carbonyl (C=O) groups is 1. The van der Waals surface area contributed by atoms with Gasteiger partial charge in [-0.1, -0.05) is 30.3 Å². The standard InChI is InChI=1S/C22H19NO3/c1-16(24)20-10-6-7-11-21(20)26-22(17-8-4-3-5-9-17)23-18-12-14-19(25-2)15-13-18/h3-15H,1-2H3. The Morgan fingerprint density at radius 3 is 2.15 bits per heavy atom. The Labute approximate surface area is 152 Å². The summed E-state index contributed by atoms with van der Waals surface area (Å²) in [4.78, 5) is 16.5. The molecule has 0 spiro atoms. The van der Waals surface area contributed by atoms with Crippen LogP contribution in [0.3, 0.4) is 0 Å². The number of carbonyl (C=O) groups excluding carboxylic acids is 1. The van der Waals surface area contributed by atoms with Gasteiger partial charge in [-0.2, -0.15) is 0 Å². The van der Waals surface area contributed by atoms with Gasteiger partial charge in [0.1, 0.15) is 11.5 Å². The third-order valence-corrected chi connectivity index (χ3v) is 3.80. The quantitative estimate of drug-likeness (QED) is 0.369. The zero-order valence-electron chi connectivity index (χ0n) is 14.7. The minimum absolute atomic E-state index is 0.0579. The predicted octanol–water partition coefficient (Wildman–Crippen LogP) is 5.06. The van der Waals surface area contributed by atoms with Crippen molar-refractivity contribution in [2.75, 3.05) is 7.11 Å². The number of ketones is 1. The molecule has 3 aromatic carbocycles. The number of aliphatic imine (C=N–C) groups is 1. The molecule has 0 saturated carbocycles. The van der Waals surface area contributed by atoms with Gasteiger partial charge in [0.05, 0.1) is 18.4 Å². The Morgan fingerprint density at radius 2 is 1.50 bits per heavy atom. The second kappa shape index (κ2) is 8.12. The highest BCUT2D eigenvalue weighted by molar-refractivity contribution is 6.01. The van der Waals surface area contributed by atoms with E-state index in [9.17, 15) is 4.79 Å². The van der Waals surface area contributed by atoms with E-state index in [0.717, 1.165) is 17.0 Å². The summed E-state index contributed by atoms with van der Waals surface area (Å²) in [7, 11) is 1.62. The Balaban J connectivity index is 2.02. The van der Waals surface area contributed by atoms with Crippen LogP contribution in [0.1, 0.15) is 22.8 Å². The van der Waals surface area contributed by atoms with Crippen LogP contribution in [-0.2, 0) is 0 Å². The first-order valence-electron chi connectivity index (χ1n) is 8.23. The van der Waals surface area contributed by atoms with Crippen molar-refractivity contribution in [3.8, 4) is 11.5 Å². The monoisotopic (exact) mass is 345 g/mol. The molecular weight excluding hydrogens is 326 g/mol. The van der Waals surface area contributed by atoms with E-state index in [1.807, 2.05) is 66.7 Å². The fourth-order valence-electron chi connectivity index (χ4n) is 2.45. The van der Waals surface area contributed by atoms with Crippen molar-refractivity contribution in [3.63, 3.8) is 0 Å². The summed E-state index contributed by atoms with van der Waals surface area (Å²) in [6.07, 6.45) is 0. The number of methoxy groups -OCH3 is 1. The molecule has 0 saturated heterocycles. The van der Waals surface area contributed by atoms with Crippen molar-refractivity contribution in [3.05, 3.63) is 90.0 Å². The number of ether oxygens (including phenoxy) is 2. The van der Waals surface area contributed by atoms with E-state index in [1.165, 1.54) is 6.92 Å². The van der Waals surface area contributed by atoms with Crippen molar-refractivity contribution >= 4 is 17.4 Å². The van der Waals surface area contributed by atoms with Crippen molar-refractivity contribution in [2.45, 2.75) is 6.92 Å². The minimum Gasteiger partial charge on any atom is -0.497 e. The Hall–Kier alpha value is -3.40. The average molecular weight is 345 g/mol. The van der Waals surface area contributed by atoms with Gasteiger partial charge in [0.25, 0.3) is 0 Å². The van der Waals surface area contributed by atoms with Crippen LogP contribution in [0, 0.1) is 0 Å². The van der Waals surface area contributed by atoms with Gasteiger partial charge in [-0.15, -0.1) is 0 Å². The molecule has 0 radical (unpaired) electrons. The van der Waals surface area contributed by atoms with E-state index in [2.05, 4.69) is 4.99 Å². The van der Waals surface area contributed by atoms with Gasteiger partial charge in [0, 0.05) is 5.56 Å². The Bertz CT molecular complexity index is 916. The minimum atomic E-state index is -0.0579. The van der Waals surface area contributed by atoms with Crippen LogP contribution in [0.25, 0.3) is 0 Å². The highest BCUT2D eigenvalue weighted by atomic mass is 16.5. The fraction of sp³-hybridized carbons (Fsp3) is 0.0909. The first kappa shape index (κ1) is 17.4. The summed E-state index contributed by atoms with van der Waals surface area (Å²) in [5.41, 5.74) is 2.07. The maximum absolute atomic E-state index is 11.9. The smallest absolute Gasteiger partial charge is 0.227 e. The third kappa shape index (κ3) is 4.16. The first-order valence-corrected chi connectivity index (χ1v) is 8.23. The van der Waals surface area contributed by atoms with Gasteiger partial charge in [-0.25, -0.2) is 4.99 Å². The highest BCUT2D eigenvalue weighted by Crippen LogP contribution is 2.23. The second-order valence-corrected chi connectivity index (χ2v) is 5.64. The molecule has 0 N–H and O–H groups in total. The molecule has 0 aliphatic carbocycles. The normalized spacial score (nSPS) is 11.1. The molecule has 26 heavy (non-hydrogen) atoms. The molecule has 130 valence electrons. The lowest BCUT2D eigenvalue weighted by Crippen LogP contribution is -2.12. The van der Waals surface area contributed by atoms with Crippen LogP contribution in [0.15, 0.2) is 83.9 Å². The van der Waals surface area contributed by atoms with Crippen LogP contribution < -0.4 is 9.47 Å². The lowest BCUT2D eigenvalue weighted by Gasteiger charge is -2.12. The SMILES string of the molecule is COc1ccc(N=C(Oc2ccccc2C(C)=O)c2ccccc2)cc1. The number of para-hydroxylation sites is 1. The molecule has 3 rings (SSSR count). The van der Waals surface area contributed by atoms with Crippen LogP contribution >= 0.6 is 0 Å². The lowest BCUT2D eigenvalue weighted by molar-refractivity contribution is 0.101. The first-order chi connectivity index (χ1) is 12.7. The number of hydrogen-bond donors (Lipinski definition) is 0. The van der Waals surface area contributed by atoms with Crippen molar-refractivity contribution in [1.82, 2.24) is 0 Å². The summed E-state index contributed by atoms with van der Waals surface area (Å²) in [6.45, 7) is 1.52. The Kier molecular flexibility index (Phi) is 5.44. The molecular formula is C22H19NO3. The van der Waals surface area contributed by atoms with Crippen LogP contribution in [0.5, 0.6) is 11.5 Å².